The van der Waals surface area contributed by atoms with Crippen LogP contribution < -0.4 is 10.2 Å². The molecule has 132 valence electrons. The smallest absolute Gasteiger partial charge is 0.322 e. The Labute approximate surface area is 160 Å². The Morgan fingerprint density at radius 3 is 2.35 bits per heavy atom. The molecule has 2 aliphatic heterocycles. The SMILES string of the molecule is CN1C(=O)N[C@H](c2ccccc2)C2=C1CN(c1cc(Cl)cc(Cl)c1)C2=O. The summed E-state index contributed by atoms with van der Waals surface area (Å²) in [4.78, 5) is 28.7. The number of carbonyl (C=O) groups is 2. The van der Waals surface area contributed by atoms with Crippen LogP contribution in [0.25, 0.3) is 0 Å². The van der Waals surface area contributed by atoms with Crippen molar-refractivity contribution in [1.29, 1.82) is 0 Å². The minimum Gasteiger partial charge on any atom is -0.327 e. The summed E-state index contributed by atoms with van der Waals surface area (Å²) in [7, 11) is 1.66. The molecule has 2 aromatic carbocycles. The van der Waals surface area contributed by atoms with Gasteiger partial charge in [-0.15, -0.1) is 0 Å². The number of nitrogens with one attached hydrogen (secondary N) is 1. The number of nitrogens with zero attached hydrogens (tertiary/aromatic N) is 2. The first-order chi connectivity index (χ1) is 12.5. The minimum absolute atomic E-state index is 0.168. The van der Waals surface area contributed by atoms with Crippen molar-refractivity contribution in [3.63, 3.8) is 0 Å². The molecule has 1 atom stereocenters. The van der Waals surface area contributed by atoms with Gasteiger partial charge in [-0.25, -0.2) is 4.79 Å². The third-order valence-corrected chi connectivity index (χ3v) is 5.09. The average Bonchev–Trinajstić information content (AvgIpc) is 2.96. The van der Waals surface area contributed by atoms with Crippen LogP contribution in [-0.2, 0) is 4.79 Å². The molecular formula is C19H15Cl2N3O2. The van der Waals surface area contributed by atoms with Crippen molar-refractivity contribution >= 4 is 40.8 Å². The number of benzene rings is 2. The van der Waals surface area contributed by atoms with Gasteiger partial charge < -0.3 is 10.2 Å². The number of carbonyl (C=O) groups excluding carboxylic acids is 2. The standard InChI is InChI=1S/C19H15Cl2N3O2/c1-23-15-10-24(14-8-12(20)7-13(21)9-14)18(25)16(15)17(22-19(23)26)11-5-3-2-4-6-11/h2-9,17H,10H2,1H3,(H,22,26)/t17-/m1/s1. The zero-order chi connectivity index (χ0) is 18.4. The second kappa shape index (κ2) is 6.34. The van der Waals surface area contributed by atoms with E-state index in [-0.39, 0.29) is 18.5 Å². The molecule has 0 radical (unpaired) electrons. The summed E-state index contributed by atoms with van der Waals surface area (Å²) in [6.07, 6.45) is 0. The Morgan fingerprint density at radius 1 is 1.04 bits per heavy atom. The predicted molar refractivity (Wildman–Crippen MR) is 101 cm³/mol. The minimum atomic E-state index is -0.484. The number of anilines is 1. The average molecular weight is 388 g/mol. The van der Waals surface area contributed by atoms with Crippen LogP contribution >= 0.6 is 23.2 Å². The largest absolute Gasteiger partial charge is 0.327 e. The van der Waals surface area contributed by atoms with Gasteiger partial charge in [0.05, 0.1) is 23.9 Å². The second-order valence-corrected chi connectivity index (χ2v) is 7.10. The highest BCUT2D eigenvalue weighted by Gasteiger charge is 2.43. The molecule has 0 bridgehead atoms. The number of hydrogen-bond acceptors (Lipinski definition) is 2. The number of amides is 3. The number of rotatable bonds is 2. The Morgan fingerprint density at radius 2 is 1.69 bits per heavy atom. The zero-order valence-electron chi connectivity index (χ0n) is 13.9. The molecule has 3 amide bonds. The van der Waals surface area contributed by atoms with E-state index in [0.29, 0.717) is 27.0 Å². The molecule has 0 saturated carbocycles. The second-order valence-electron chi connectivity index (χ2n) is 6.23. The van der Waals surface area contributed by atoms with Gasteiger partial charge in [0.1, 0.15) is 0 Å². The number of hydrogen-bond donors (Lipinski definition) is 1. The molecule has 5 nitrogen and oxygen atoms in total. The fourth-order valence-electron chi connectivity index (χ4n) is 3.37. The first kappa shape index (κ1) is 16.9. The molecule has 0 aliphatic carbocycles. The van der Waals surface area contributed by atoms with Crippen LogP contribution in [0.15, 0.2) is 59.8 Å². The van der Waals surface area contributed by atoms with E-state index in [0.717, 1.165) is 5.56 Å². The molecular weight excluding hydrogens is 373 g/mol. The molecule has 2 heterocycles. The van der Waals surface area contributed by atoms with E-state index in [1.807, 2.05) is 30.3 Å². The highest BCUT2D eigenvalue weighted by atomic mass is 35.5. The summed E-state index contributed by atoms with van der Waals surface area (Å²) in [6.45, 7) is 0.290. The highest BCUT2D eigenvalue weighted by molar-refractivity contribution is 6.35. The van der Waals surface area contributed by atoms with Crippen LogP contribution in [-0.4, -0.2) is 30.4 Å². The van der Waals surface area contributed by atoms with E-state index < -0.39 is 6.04 Å². The number of likely N-dealkylation sites (N-methyl/N-ethyl adjacent to an activating group) is 1. The van der Waals surface area contributed by atoms with Gasteiger partial charge in [0.2, 0.25) is 0 Å². The van der Waals surface area contributed by atoms with Crippen molar-refractivity contribution in [3.8, 4) is 0 Å². The van der Waals surface area contributed by atoms with Crippen molar-refractivity contribution < 1.29 is 9.59 Å². The van der Waals surface area contributed by atoms with Crippen LogP contribution in [0.2, 0.25) is 10.0 Å². The normalized spacial score (nSPS) is 19.7. The van der Waals surface area contributed by atoms with Gasteiger partial charge in [-0.2, -0.15) is 0 Å². The molecule has 2 aromatic rings. The summed E-state index contributed by atoms with van der Waals surface area (Å²) in [6, 6.07) is 13.7. The van der Waals surface area contributed by atoms with Crippen molar-refractivity contribution in [1.82, 2.24) is 10.2 Å². The maximum Gasteiger partial charge on any atom is 0.322 e. The molecule has 0 unspecified atom stereocenters. The van der Waals surface area contributed by atoms with Crippen LogP contribution in [0.3, 0.4) is 0 Å². The lowest BCUT2D eigenvalue weighted by atomic mass is 9.96. The summed E-state index contributed by atoms with van der Waals surface area (Å²) < 4.78 is 0. The fraction of sp³-hybridized carbons (Fsp3) is 0.158. The molecule has 4 rings (SSSR count). The molecule has 2 aliphatic rings. The van der Waals surface area contributed by atoms with E-state index in [9.17, 15) is 9.59 Å². The van der Waals surface area contributed by atoms with Crippen LogP contribution in [0, 0.1) is 0 Å². The van der Waals surface area contributed by atoms with Gasteiger partial charge in [-0.05, 0) is 23.8 Å². The molecule has 7 heteroatoms. The van der Waals surface area contributed by atoms with Crippen molar-refractivity contribution in [3.05, 3.63) is 75.4 Å². The van der Waals surface area contributed by atoms with Crippen LogP contribution in [0.5, 0.6) is 0 Å². The lowest BCUT2D eigenvalue weighted by molar-refractivity contribution is -0.114. The Hall–Kier alpha value is -2.50. The van der Waals surface area contributed by atoms with Gasteiger partial charge in [-0.1, -0.05) is 53.5 Å². The van der Waals surface area contributed by atoms with Crippen molar-refractivity contribution in [2.75, 3.05) is 18.5 Å². The first-order valence-electron chi connectivity index (χ1n) is 8.06. The summed E-state index contributed by atoms with van der Waals surface area (Å²) in [5.74, 6) is -0.168. The Bertz CT molecular complexity index is 923. The monoisotopic (exact) mass is 387 g/mol. The van der Waals surface area contributed by atoms with E-state index in [1.165, 1.54) is 4.90 Å². The van der Waals surface area contributed by atoms with Gasteiger partial charge in [0.15, 0.2) is 0 Å². The Kier molecular flexibility index (Phi) is 4.13. The lowest BCUT2D eigenvalue weighted by Crippen LogP contribution is -2.45. The van der Waals surface area contributed by atoms with Gasteiger partial charge in [0, 0.05) is 22.8 Å². The topological polar surface area (TPSA) is 52.7 Å². The molecule has 1 N–H and O–H groups in total. The quantitative estimate of drug-likeness (QED) is 0.846. The Balaban J connectivity index is 1.78. The zero-order valence-corrected chi connectivity index (χ0v) is 15.4. The summed E-state index contributed by atoms with van der Waals surface area (Å²) in [5.41, 5.74) is 2.72. The molecule has 0 fully saturated rings. The third-order valence-electron chi connectivity index (χ3n) is 4.65. The van der Waals surface area contributed by atoms with Crippen molar-refractivity contribution in [2.45, 2.75) is 6.04 Å². The van der Waals surface area contributed by atoms with E-state index in [1.54, 1.807) is 30.1 Å². The van der Waals surface area contributed by atoms with Crippen molar-refractivity contribution in [2.24, 2.45) is 0 Å². The molecule has 0 saturated heterocycles. The van der Waals surface area contributed by atoms with E-state index in [4.69, 9.17) is 23.2 Å². The summed E-state index contributed by atoms with van der Waals surface area (Å²) in [5, 5.41) is 3.81. The van der Waals surface area contributed by atoms with Gasteiger partial charge in [0.25, 0.3) is 5.91 Å². The molecule has 0 aromatic heterocycles. The third kappa shape index (κ3) is 2.73. The van der Waals surface area contributed by atoms with E-state index >= 15 is 0 Å². The summed E-state index contributed by atoms with van der Waals surface area (Å²) >= 11 is 12.2. The predicted octanol–water partition coefficient (Wildman–Crippen LogP) is 3.99. The maximum absolute atomic E-state index is 13.2. The maximum atomic E-state index is 13.2. The molecule has 26 heavy (non-hydrogen) atoms. The van der Waals surface area contributed by atoms with E-state index in [2.05, 4.69) is 5.32 Å². The van der Waals surface area contributed by atoms with Gasteiger partial charge in [-0.3, -0.25) is 9.69 Å². The fourth-order valence-corrected chi connectivity index (χ4v) is 3.88. The van der Waals surface area contributed by atoms with Gasteiger partial charge >= 0.3 is 6.03 Å². The van der Waals surface area contributed by atoms with Crippen LogP contribution in [0.4, 0.5) is 10.5 Å². The number of halogens is 2. The number of urea groups is 1. The lowest BCUT2D eigenvalue weighted by Gasteiger charge is -2.31. The highest BCUT2D eigenvalue weighted by Crippen LogP contribution is 2.38. The van der Waals surface area contributed by atoms with Crippen LogP contribution in [0.1, 0.15) is 11.6 Å². The molecule has 0 spiro atoms. The first-order valence-corrected chi connectivity index (χ1v) is 8.81.